The molecule has 0 heterocycles. The normalized spacial score (nSPS) is 16.8. The number of rotatable bonds is 12. The maximum Gasteiger partial charge on any atom is 0.326 e. The Balaban J connectivity index is 1.59. The first kappa shape index (κ1) is 29.8. The van der Waals surface area contributed by atoms with E-state index in [1.54, 1.807) is 27.9 Å². The molecule has 0 saturated carbocycles. The molecule has 0 amide bonds. The number of ether oxygens (including phenoxy) is 3. The second-order valence-electron chi connectivity index (χ2n) is 11.5. The molecule has 3 aromatic carbocycles. The van der Waals surface area contributed by atoms with E-state index in [0.717, 1.165) is 12.0 Å². The lowest BCUT2D eigenvalue weighted by molar-refractivity contribution is -0.140. The van der Waals surface area contributed by atoms with E-state index in [-0.39, 0.29) is 30.3 Å². The molecule has 0 radical (unpaired) electrons. The summed E-state index contributed by atoms with van der Waals surface area (Å²) >= 11 is 0. The number of anilines is 1. The Labute approximate surface area is 236 Å². The van der Waals surface area contributed by atoms with Crippen LogP contribution in [0, 0.1) is 11.2 Å². The minimum absolute atomic E-state index is 0.0548. The van der Waals surface area contributed by atoms with Crippen LogP contribution in [-0.2, 0) is 27.1 Å². The van der Waals surface area contributed by atoms with Crippen LogP contribution in [0.3, 0.4) is 0 Å². The summed E-state index contributed by atoms with van der Waals surface area (Å²) in [4.78, 5) is 12.1. The molecule has 3 N–H and O–H groups in total. The van der Waals surface area contributed by atoms with Gasteiger partial charge in [0.2, 0.25) is 0 Å². The Bertz CT molecular complexity index is 1320. The molecule has 3 aromatic rings. The van der Waals surface area contributed by atoms with Crippen molar-refractivity contribution in [1.29, 1.82) is 0 Å². The highest BCUT2D eigenvalue weighted by Gasteiger charge is 2.34. The van der Waals surface area contributed by atoms with E-state index >= 15 is 4.39 Å². The van der Waals surface area contributed by atoms with Crippen LogP contribution in [0.4, 0.5) is 10.1 Å². The number of carboxylic acid groups (broad SMARTS) is 1. The molecular formula is C32H41FN2O5. The molecule has 8 heteroatoms. The van der Waals surface area contributed by atoms with Crippen LogP contribution in [0.1, 0.15) is 56.8 Å². The molecule has 1 aliphatic carbocycles. The third kappa shape index (κ3) is 6.92. The SMILES string of the molecule is COCCOCOc1cc2c(c(F)c1NC(C(=O)O)C(C)(C)C)C[C@H](NC(C)c1cccc3ccccc13)CC2. The van der Waals surface area contributed by atoms with Crippen LogP contribution in [0.5, 0.6) is 5.75 Å². The second kappa shape index (κ2) is 13.0. The van der Waals surface area contributed by atoms with Crippen LogP contribution >= 0.6 is 0 Å². The molecular weight excluding hydrogens is 511 g/mol. The third-order valence-corrected chi connectivity index (χ3v) is 7.54. The second-order valence-corrected chi connectivity index (χ2v) is 11.5. The number of methoxy groups -OCH3 is 1. The number of benzene rings is 3. The van der Waals surface area contributed by atoms with Crippen molar-refractivity contribution >= 4 is 22.4 Å². The molecule has 0 aliphatic heterocycles. The van der Waals surface area contributed by atoms with Gasteiger partial charge in [-0.15, -0.1) is 0 Å². The van der Waals surface area contributed by atoms with Gasteiger partial charge in [-0.3, -0.25) is 0 Å². The van der Waals surface area contributed by atoms with Crippen LogP contribution < -0.4 is 15.4 Å². The molecule has 216 valence electrons. The minimum Gasteiger partial charge on any atom is -0.480 e. The lowest BCUT2D eigenvalue weighted by Gasteiger charge is -2.32. The van der Waals surface area contributed by atoms with E-state index in [2.05, 4.69) is 47.9 Å². The van der Waals surface area contributed by atoms with Crippen molar-refractivity contribution in [1.82, 2.24) is 5.32 Å². The number of fused-ring (bicyclic) bond motifs is 2. The molecule has 0 fully saturated rings. The Kier molecular flexibility index (Phi) is 9.66. The zero-order valence-corrected chi connectivity index (χ0v) is 24.1. The van der Waals surface area contributed by atoms with Gasteiger partial charge >= 0.3 is 5.97 Å². The van der Waals surface area contributed by atoms with Crippen molar-refractivity contribution in [3.05, 3.63) is 71.0 Å². The molecule has 1 aliphatic rings. The summed E-state index contributed by atoms with van der Waals surface area (Å²) in [6, 6.07) is 15.6. The monoisotopic (exact) mass is 552 g/mol. The highest BCUT2D eigenvalue weighted by molar-refractivity contribution is 5.86. The highest BCUT2D eigenvalue weighted by atomic mass is 19.1. The number of carbonyl (C=O) groups is 1. The maximum absolute atomic E-state index is 16.3. The number of halogens is 1. The number of hydrogen-bond acceptors (Lipinski definition) is 6. The molecule has 4 rings (SSSR count). The largest absolute Gasteiger partial charge is 0.480 e. The molecule has 0 bridgehead atoms. The topological polar surface area (TPSA) is 89.0 Å². The van der Waals surface area contributed by atoms with Crippen molar-refractivity contribution in [3.63, 3.8) is 0 Å². The number of carboxylic acids is 1. The molecule has 2 unspecified atom stereocenters. The van der Waals surface area contributed by atoms with Gasteiger partial charge in [-0.25, -0.2) is 9.18 Å². The number of nitrogens with one attached hydrogen (secondary N) is 2. The Morgan fingerprint density at radius 3 is 2.62 bits per heavy atom. The van der Waals surface area contributed by atoms with Crippen molar-refractivity contribution in [2.75, 3.05) is 32.4 Å². The van der Waals surface area contributed by atoms with Gasteiger partial charge in [-0.1, -0.05) is 63.2 Å². The number of aliphatic carboxylic acids is 1. The Morgan fingerprint density at radius 2 is 1.90 bits per heavy atom. The van der Waals surface area contributed by atoms with Crippen molar-refractivity contribution in [3.8, 4) is 5.75 Å². The average Bonchev–Trinajstić information content (AvgIpc) is 2.91. The smallest absolute Gasteiger partial charge is 0.326 e. The van der Waals surface area contributed by atoms with E-state index in [0.29, 0.717) is 31.6 Å². The first-order valence-electron chi connectivity index (χ1n) is 13.9. The predicted octanol–water partition coefficient (Wildman–Crippen LogP) is 6.10. The molecule has 3 atom stereocenters. The van der Waals surface area contributed by atoms with Gasteiger partial charge in [0.15, 0.2) is 12.6 Å². The Hall–Kier alpha value is -3.20. The fourth-order valence-electron chi connectivity index (χ4n) is 5.40. The molecule has 0 aromatic heterocycles. The zero-order valence-electron chi connectivity index (χ0n) is 24.1. The zero-order chi connectivity index (χ0) is 28.9. The summed E-state index contributed by atoms with van der Waals surface area (Å²) < 4.78 is 32.5. The minimum atomic E-state index is -1.06. The van der Waals surface area contributed by atoms with Gasteiger partial charge in [0.05, 0.1) is 13.2 Å². The van der Waals surface area contributed by atoms with Crippen LogP contribution in [0.2, 0.25) is 0 Å². The molecule has 7 nitrogen and oxygen atoms in total. The maximum atomic E-state index is 16.3. The van der Waals surface area contributed by atoms with Gasteiger partial charge in [0, 0.05) is 19.2 Å². The summed E-state index contributed by atoms with van der Waals surface area (Å²) in [6.45, 7) is 8.19. The predicted molar refractivity (Wildman–Crippen MR) is 156 cm³/mol. The van der Waals surface area contributed by atoms with E-state index in [1.807, 2.05) is 18.2 Å². The first-order valence-corrected chi connectivity index (χ1v) is 13.9. The van der Waals surface area contributed by atoms with E-state index in [1.165, 1.54) is 16.3 Å². The van der Waals surface area contributed by atoms with Crippen molar-refractivity contribution in [2.24, 2.45) is 5.41 Å². The van der Waals surface area contributed by atoms with Crippen LogP contribution in [0.15, 0.2) is 48.5 Å². The van der Waals surface area contributed by atoms with Gasteiger partial charge in [0.25, 0.3) is 0 Å². The molecule has 0 saturated heterocycles. The quantitative estimate of drug-likeness (QED) is 0.185. The number of aryl methyl sites for hydroxylation is 1. The summed E-state index contributed by atoms with van der Waals surface area (Å²) in [7, 11) is 1.58. The van der Waals surface area contributed by atoms with Gasteiger partial charge < -0.3 is 30.0 Å². The number of hydrogen-bond donors (Lipinski definition) is 3. The van der Waals surface area contributed by atoms with Gasteiger partial charge in [0.1, 0.15) is 17.5 Å². The fraction of sp³-hybridized carbons (Fsp3) is 0.469. The molecule has 40 heavy (non-hydrogen) atoms. The van der Waals surface area contributed by atoms with Crippen molar-refractivity contribution in [2.45, 2.75) is 65.1 Å². The average molecular weight is 553 g/mol. The van der Waals surface area contributed by atoms with Gasteiger partial charge in [-0.2, -0.15) is 0 Å². The van der Waals surface area contributed by atoms with Crippen LogP contribution in [-0.4, -0.2) is 50.3 Å². The third-order valence-electron chi connectivity index (χ3n) is 7.54. The van der Waals surface area contributed by atoms with E-state index in [4.69, 9.17) is 14.2 Å². The summed E-state index contributed by atoms with van der Waals surface area (Å²) in [5.41, 5.74) is 2.05. The lowest BCUT2D eigenvalue weighted by Crippen LogP contribution is -2.41. The summed E-state index contributed by atoms with van der Waals surface area (Å²) in [6.07, 6.45) is 2.01. The lowest BCUT2D eigenvalue weighted by atomic mass is 9.84. The Morgan fingerprint density at radius 1 is 1.15 bits per heavy atom. The standard InChI is InChI=1S/C32H41FN2O5/c1-20(24-12-8-10-21-9-6-7-11-25(21)24)34-23-14-13-22-17-27(40-19-39-16-15-38-5)29(28(33)26(22)18-23)35-30(31(36)37)32(2,3)4/h6-12,17,20,23,30,34-35H,13-16,18-19H2,1-5H3,(H,36,37)/t20?,23-,30?/m1/s1. The fourth-order valence-corrected chi connectivity index (χ4v) is 5.40. The summed E-state index contributed by atoms with van der Waals surface area (Å²) in [5.74, 6) is -1.28. The van der Waals surface area contributed by atoms with Crippen LogP contribution in [0.25, 0.3) is 10.8 Å². The molecule has 0 spiro atoms. The first-order chi connectivity index (χ1) is 19.1. The van der Waals surface area contributed by atoms with Crippen molar-refractivity contribution < 1.29 is 28.5 Å². The summed E-state index contributed by atoms with van der Waals surface area (Å²) in [5, 5.41) is 19.0. The highest BCUT2D eigenvalue weighted by Crippen LogP contribution is 2.39. The van der Waals surface area contributed by atoms with E-state index in [9.17, 15) is 9.90 Å². The van der Waals surface area contributed by atoms with Gasteiger partial charge in [-0.05, 0) is 65.1 Å². The van der Waals surface area contributed by atoms with E-state index < -0.39 is 23.2 Å².